The molecule has 0 amide bonds. The molecule has 1 aliphatic carbocycles. The SMILES string of the molecule is CNC(CC1CCCCO1)C1CCCC1. The summed E-state index contributed by atoms with van der Waals surface area (Å²) >= 11 is 0. The van der Waals surface area contributed by atoms with Crippen molar-refractivity contribution in [3.8, 4) is 0 Å². The summed E-state index contributed by atoms with van der Waals surface area (Å²) in [4.78, 5) is 0. The summed E-state index contributed by atoms with van der Waals surface area (Å²) in [5.41, 5.74) is 0. The Balaban J connectivity index is 1.78. The van der Waals surface area contributed by atoms with Crippen LogP contribution >= 0.6 is 0 Å². The zero-order valence-electron chi connectivity index (χ0n) is 10.0. The van der Waals surface area contributed by atoms with Crippen molar-refractivity contribution in [1.29, 1.82) is 0 Å². The number of hydrogen-bond acceptors (Lipinski definition) is 2. The Morgan fingerprint density at radius 1 is 1.13 bits per heavy atom. The molecule has 1 N–H and O–H groups in total. The molecule has 0 aromatic rings. The van der Waals surface area contributed by atoms with Gasteiger partial charge in [0.1, 0.15) is 0 Å². The third-order valence-electron chi connectivity index (χ3n) is 4.13. The van der Waals surface area contributed by atoms with Gasteiger partial charge in [-0.05, 0) is 51.5 Å². The van der Waals surface area contributed by atoms with Crippen LogP contribution in [-0.2, 0) is 4.74 Å². The van der Waals surface area contributed by atoms with E-state index >= 15 is 0 Å². The number of nitrogens with one attached hydrogen (secondary N) is 1. The molecule has 1 saturated heterocycles. The van der Waals surface area contributed by atoms with Crippen LogP contribution in [0.4, 0.5) is 0 Å². The third kappa shape index (κ3) is 3.18. The van der Waals surface area contributed by atoms with Gasteiger partial charge < -0.3 is 10.1 Å². The first kappa shape index (κ1) is 11.4. The number of hydrogen-bond donors (Lipinski definition) is 1. The Kier molecular flexibility index (Phi) is 4.45. The van der Waals surface area contributed by atoms with Gasteiger partial charge >= 0.3 is 0 Å². The van der Waals surface area contributed by atoms with Gasteiger partial charge in [-0.3, -0.25) is 0 Å². The molecule has 2 heteroatoms. The second kappa shape index (κ2) is 5.86. The van der Waals surface area contributed by atoms with Gasteiger partial charge in [0.25, 0.3) is 0 Å². The standard InChI is InChI=1S/C13H25NO/c1-14-13(11-6-2-3-7-11)10-12-8-4-5-9-15-12/h11-14H,2-10H2,1H3. The minimum atomic E-state index is 0.539. The average Bonchev–Trinajstić information content (AvgIpc) is 2.81. The lowest BCUT2D eigenvalue weighted by molar-refractivity contribution is 0.00184. The van der Waals surface area contributed by atoms with Crippen molar-refractivity contribution >= 4 is 0 Å². The Labute approximate surface area is 93.8 Å². The van der Waals surface area contributed by atoms with Crippen LogP contribution in [0.15, 0.2) is 0 Å². The van der Waals surface area contributed by atoms with Gasteiger partial charge in [0.05, 0.1) is 6.10 Å². The molecule has 15 heavy (non-hydrogen) atoms. The zero-order chi connectivity index (χ0) is 10.5. The highest BCUT2D eigenvalue weighted by Gasteiger charge is 2.27. The maximum atomic E-state index is 5.83. The molecular formula is C13H25NO. The fourth-order valence-electron chi connectivity index (χ4n) is 3.18. The summed E-state index contributed by atoms with van der Waals surface area (Å²) in [6.07, 6.45) is 11.4. The van der Waals surface area contributed by atoms with E-state index in [9.17, 15) is 0 Å². The highest BCUT2D eigenvalue weighted by Crippen LogP contribution is 2.30. The van der Waals surface area contributed by atoms with Gasteiger partial charge in [0.15, 0.2) is 0 Å². The van der Waals surface area contributed by atoms with Crippen molar-refractivity contribution in [2.24, 2.45) is 5.92 Å². The van der Waals surface area contributed by atoms with Crippen LogP contribution in [0.1, 0.15) is 51.4 Å². The summed E-state index contributed by atoms with van der Waals surface area (Å²) < 4.78 is 5.83. The first-order valence-electron chi connectivity index (χ1n) is 6.69. The molecule has 2 aliphatic rings. The minimum absolute atomic E-state index is 0.539. The Hall–Kier alpha value is -0.0800. The van der Waals surface area contributed by atoms with Gasteiger partial charge in [-0.2, -0.15) is 0 Å². The van der Waals surface area contributed by atoms with Gasteiger partial charge in [0, 0.05) is 12.6 Å². The van der Waals surface area contributed by atoms with Crippen LogP contribution in [-0.4, -0.2) is 25.8 Å². The zero-order valence-corrected chi connectivity index (χ0v) is 10.0. The van der Waals surface area contributed by atoms with Crippen LogP contribution in [0.3, 0.4) is 0 Å². The van der Waals surface area contributed by atoms with Crippen molar-refractivity contribution in [1.82, 2.24) is 5.32 Å². The summed E-state index contributed by atoms with van der Waals surface area (Å²) in [6.45, 7) is 0.992. The number of ether oxygens (including phenoxy) is 1. The van der Waals surface area contributed by atoms with E-state index in [1.54, 1.807) is 0 Å². The number of rotatable bonds is 4. The molecule has 1 heterocycles. The van der Waals surface area contributed by atoms with E-state index in [0.29, 0.717) is 12.1 Å². The molecular weight excluding hydrogens is 186 g/mol. The topological polar surface area (TPSA) is 21.3 Å². The van der Waals surface area contributed by atoms with Gasteiger partial charge in [-0.25, -0.2) is 0 Å². The van der Waals surface area contributed by atoms with E-state index in [2.05, 4.69) is 12.4 Å². The summed E-state index contributed by atoms with van der Waals surface area (Å²) in [5.74, 6) is 0.917. The van der Waals surface area contributed by atoms with Gasteiger partial charge in [0.2, 0.25) is 0 Å². The van der Waals surface area contributed by atoms with Crippen LogP contribution in [0, 0.1) is 5.92 Å². The highest BCUT2D eigenvalue weighted by molar-refractivity contribution is 4.82. The summed E-state index contributed by atoms with van der Waals surface area (Å²) in [6, 6.07) is 0.704. The molecule has 2 rings (SSSR count). The Morgan fingerprint density at radius 3 is 2.47 bits per heavy atom. The van der Waals surface area contributed by atoms with E-state index < -0.39 is 0 Å². The average molecular weight is 211 g/mol. The van der Waals surface area contributed by atoms with Crippen molar-refractivity contribution in [3.63, 3.8) is 0 Å². The van der Waals surface area contributed by atoms with Crippen LogP contribution in [0.5, 0.6) is 0 Å². The predicted octanol–water partition coefficient (Wildman–Crippen LogP) is 2.72. The molecule has 0 aromatic heterocycles. The van der Waals surface area contributed by atoms with E-state index in [1.807, 2.05) is 0 Å². The maximum Gasteiger partial charge on any atom is 0.0590 e. The van der Waals surface area contributed by atoms with Crippen molar-refractivity contribution in [2.75, 3.05) is 13.7 Å². The Morgan fingerprint density at radius 2 is 1.87 bits per heavy atom. The second-order valence-corrected chi connectivity index (χ2v) is 5.16. The lowest BCUT2D eigenvalue weighted by Gasteiger charge is -2.30. The van der Waals surface area contributed by atoms with Crippen molar-refractivity contribution in [3.05, 3.63) is 0 Å². The largest absolute Gasteiger partial charge is 0.378 e. The molecule has 0 spiro atoms. The van der Waals surface area contributed by atoms with E-state index in [0.717, 1.165) is 12.5 Å². The lowest BCUT2D eigenvalue weighted by Crippen LogP contribution is -2.37. The maximum absolute atomic E-state index is 5.83. The van der Waals surface area contributed by atoms with Crippen molar-refractivity contribution in [2.45, 2.75) is 63.5 Å². The quantitative estimate of drug-likeness (QED) is 0.772. The minimum Gasteiger partial charge on any atom is -0.378 e. The van der Waals surface area contributed by atoms with Gasteiger partial charge in [-0.1, -0.05) is 12.8 Å². The molecule has 0 radical (unpaired) electrons. The molecule has 1 aliphatic heterocycles. The smallest absolute Gasteiger partial charge is 0.0590 e. The van der Waals surface area contributed by atoms with Gasteiger partial charge in [-0.15, -0.1) is 0 Å². The monoisotopic (exact) mass is 211 g/mol. The van der Waals surface area contributed by atoms with Crippen LogP contribution in [0.2, 0.25) is 0 Å². The summed E-state index contributed by atoms with van der Waals surface area (Å²) in [5, 5.41) is 3.51. The van der Waals surface area contributed by atoms with E-state index in [-0.39, 0.29) is 0 Å². The molecule has 2 unspecified atom stereocenters. The first-order valence-corrected chi connectivity index (χ1v) is 6.69. The highest BCUT2D eigenvalue weighted by atomic mass is 16.5. The first-order chi connectivity index (χ1) is 7.40. The Bertz CT molecular complexity index is 171. The molecule has 2 nitrogen and oxygen atoms in total. The fraction of sp³-hybridized carbons (Fsp3) is 1.00. The van der Waals surface area contributed by atoms with Crippen LogP contribution in [0.25, 0.3) is 0 Å². The molecule has 0 bridgehead atoms. The normalized spacial score (nSPS) is 30.6. The predicted molar refractivity (Wildman–Crippen MR) is 63.0 cm³/mol. The molecule has 1 saturated carbocycles. The van der Waals surface area contributed by atoms with E-state index in [4.69, 9.17) is 4.74 Å². The molecule has 2 atom stereocenters. The molecule has 88 valence electrons. The van der Waals surface area contributed by atoms with Crippen molar-refractivity contribution < 1.29 is 4.74 Å². The van der Waals surface area contributed by atoms with Crippen LogP contribution < -0.4 is 5.32 Å². The molecule has 0 aromatic carbocycles. The summed E-state index contributed by atoms with van der Waals surface area (Å²) in [7, 11) is 2.12. The lowest BCUT2D eigenvalue weighted by atomic mass is 9.91. The fourth-order valence-corrected chi connectivity index (χ4v) is 3.18. The third-order valence-corrected chi connectivity index (χ3v) is 4.13. The molecule has 2 fully saturated rings. The second-order valence-electron chi connectivity index (χ2n) is 5.16. The van der Waals surface area contributed by atoms with E-state index in [1.165, 1.54) is 51.4 Å².